The highest BCUT2D eigenvalue weighted by atomic mass is 31.0. The van der Waals surface area contributed by atoms with Gasteiger partial charge in [0.1, 0.15) is 24.4 Å². The second-order valence-electron chi connectivity index (χ2n) is 3.53. The molecule has 3 unspecified atom stereocenters. The Morgan fingerprint density at radius 1 is 1.31 bits per heavy atom. The van der Waals surface area contributed by atoms with Crippen LogP contribution in [0.1, 0.15) is 0 Å². The van der Waals surface area contributed by atoms with E-state index in [0.717, 1.165) is 0 Å². The van der Waals surface area contributed by atoms with Crippen molar-refractivity contribution >= 4 is 15.1 Å². The molecule has 1 aliphatic rings. The molecule has 6 atom stereocenters. The summed E-state index contributed by atoms with van der Waals surface area (Å²) in [5.74, 6) is -0.411. The Morgan fingerprint density at radius 2 is 1.94 bits per heavy atom. The molecule has 8 heteroatoms. The molecule has 1 fully saturated rings. The van der Waals surface area contributed by atoms with Crippen LogP contribution in [0.5, 0.6) is 0 Å². The summed E-state index contributed by atoms with van der Waals surface area (Å²) in [7, 11) is 2.19. The third kappa shape index (κ3) is 2.88. The van der Waals surface area contributed by atoms with Gasteiger partial charge in [0, 0.05) is 6.16 Å². The van der Waals surface area contributed by atoms with Crippen LogP contribution in [0.25, 0.3) is 0 Å². The van der Waals surface area contributed by atoms with Crippen LogP contribution >= 0.6 is 9.24 Å². The Morgan fingerprint density at radius 3 is 2.44 bits per heavy atom. The number of hydrogen-bond acceptors (Lipinski definition) is 6. The van der Waals surface area contributed by atoms with Crippen molar-refractivity contribution in [2.45, 2.75) is 30.6 Å². The number of aliphatic hydroxyl groups is 4. The van der Waals surface area contributed by atoms with Gasteiger partial charge in [-0.15, -0.1) is 9.24 Å². The quantitative estimate of drug-likeness (QED) is 0.337. The number of amides is 1. The van der Waals surface area contributed by atoms with Crippen molar-refractivity contribution in [3.05, 3.63) is 0 Å². The molecule has 0 aromatic rings. The predicted octanol–water partition coefficient (Wildman–Crippen LogP) is -3.22. The lowest BCUT2D eigenvalue weighted by Gasteiger charge is -2.40. The normalized spacial score (nSPS) is 39.4. The summed E-state index contributed by atoms with van der Waals surface area (Å²) in [5.41, 5.74) is 0. The van der Waals surface area contributed by atoms with E-state index in [0.29, 0.717) is 0 Å². The minimum atomic E-state index is -1.46. The zero-order valence-electron chi connectivity index (χ0n) is 8.48. The highest BCUT2D eigenvalue weighted by Crippen LogP contribution is 2.19. The van der Waals surface area contributed by atoms with E-state index < -0.39 is 43.2 Å². The minimum Gasteiger partial charge on any atom is -0.394 e. The third-order valence-electron chi connectivity index (χ3n) is 2.41. The molecular formula is C8H16NO6P. The molecular weight excluding hydrogens is 237 g/mol. The van der Waals surface area contributed by atoms with Gasteiger partial charge in [-0.3, -0.25) is 4.79 Å². The van der Waals surface area contributed by atoms with Gasteiger partial charge in [-0.25, -0.2) is 0 Å². The Bertz CT molecular complexity index is 253. The second-order valence-corrected chi connectivity index (χ2v) is 3.93. The molecule has 1 heterocycles. The number of carbonyl (C=O) groups excluding carboxylic acids is 1. The van der Waals surface area contributed by atoms with Crippen LogP contribution in [-0.2, 0) is 9.53 Å². The van der Waals surface area contributed by atoms with Gasteiger partial charge >= 0.3 is 0 Å². The molecule has 0 aromatic heterocycles. The van der Waals surface area contributed by atoms with E-state index in [1.807, 2.05) is 0 Å². The molecule has 0 spiro atoms. The largest absolute Gasteiger partial charge is 0.394 e. The van der Waals surface area contributed by atoms with Gasteiger partial charge in [0.15, 0.2) is 6.29 Å². The first-order valence-electron chi connectivity index (χ1n) is 4.81. The molecule has 1 amide bonds. The fourth-order valence-corrected chi connectivity index (χ4v) is 1.62. The number of hydrogen-bond donors (Lipinski definition) is 5. The van der Waals surface area contributed by atoms with Crippen molar-refractivity contribution in [1.29, 1.82) is 0 Å². The molecule has 1 rings (SSSR count). The summed E-state index contributed by atoms with van der Waals surface area (Å²) in [6.07, 6.45) is -5.16. The molecule has 94 valence electrons. The van der Waals surface area contributed by atoms with Crippen LogP contribution < -0.4 is 5.32 Å². The lowest BCUT2D eigenvalue weighted by molar-refractivity contribution is -0.253. The highest BCUT2D eigenvalue weighted by Gasteiger charge is 2.44. The summed E-state index contributed by atoms with van der Waals surface area (Å²) in [5, 5.41) is 39.7. The Labute approximate surface area is 94.6 Å². The number of carbonyl (C=O) groups is 1. The number of aliphatic hydroxyl groups excluding tert-OH is 4. The van der Waals surface area contributed by atoms with E-state index in [1.54, 1.807) is 0 Å². The van der Waals surface area contributed by atoms with Crippen molar-refractivity contribution in [2.75, 3.05) is 12.8 Å². The Kier molecular flexibility index (Phi) is 5.04. The average molecular weight is 253 g/mol. The Balaban J connectivity index is 2.67. The third-order valence-corrected chi connectivity index (χ3v) is 2.78. The van der Waals surface area contributed by atoms with Crippen molar-refractivity contribution in [1.82, 2.24) is 5.32 Å². The number of ether oxygens (including phenoxy) is 1. The molecule has 1 saturated heterocycles. The molecule has 1 aliphatic heterocycles. The highest BCUT2D eigenvalue weighted by molar-refractivity contribution is 7.18. The van der Waals surface area contributed by atoms with Crippen molar-refractivity contribution in [3.8, 4) is 0 Å². The van der Waals surface area contributed by atoms with Gasteiger partial charge in [-0.05, 0) is 0 Å². The zero-order chi connectivity index (χ0) is 12.3. The van der Waals surface area contributed by atoms with E-state index in [-0.39, 0.29) is 6.16 Å². The zero-order valence-corrected chi connectivity index (χ0v) is 9.64. The van der Waals surface area contributed by atoms with E-state index >= 15 is 0 Å². The van der Waals surface area contributed by atoms with Gasteiger partial charge in [-0.1, -0.05) is 0 Å². The monoisotopic (exact) mass is 253 g/mol. The first kappa shape index (κ1) is 13.8. The van der Waals surface area contributed by atoms with E-state index in [1.165, 1.54) is 0 Å². The first-order chi connectivity index (χ1) is 7.51. The summed E-state index contributed by atoms with van der Waals surface area (Å²) in [4.78, 5) is 11.1. The molecule has 0 bridgehead atoms. The summed E-state index contributed by atoms with van der Waals surface area (Å²) in [6.45, 7) is -0.528. The van der Waals surface area contributed by atoms with Crippen LogP contribution in [0.3, 0.4) is 0 Å². The topological polar surface area (TPSA) is 119 Å². The summed E-state index contributed by atoms with van der Waals surface area (Å²) < 4.78 is 4.85. The Hall–Kier alpha value is -0.300. The van der Waals surface area contributed by atoms with Crippen LogP contribution in [-0.4, -0.2) is 69.7 Å². The maximum atomic E-state index is 11.1. The maximum Gasteiger partial charge on any atom is 0.224 e. The second kappa shape index (κ2) is 5.86. The maximum absolute atomic E-state index is 11.1. The summed E-state index contributed by atoms with van der Waals surface area (Å²) in [6, 6.07) is -1.11. The number of nitrogens with one attached hydrogen (secondary N) is 1. The molecule has 7 nitrogen and oxygen atoms in total. The van der Waals surface area contributed by atoms with Gasteiger partial charge in [0.2, 0.25) is 5.91 Å². The SMILES string of the molecule is O=C(CP)NC1[C@H](O)OC(CO)[C@@H](O)[C@@H]1O. The standard InChI is InChI=1S/C8H16NO6P/c10-1-3-6(12)7(13)5(8(14)15-3)9-4(11)2-16/h3,5-8,10,12-14H,1-2,16H2,(H,9,11)/t3?,5?,6-,7-,8-/m1/s1. The van der Waals surface area contributed by atoms with Gasteiger partial charge < -0.3 is 30.5 Å². The van der Waals surface area contributed by atoms with Crippen molar-refractivity contribution < 1.29 is 30.0 Å². The van der Waals surface area contributed by atoms with Gasteiger partial charge in [0.25, 0.3) is 0 Å². The van der Waals surface area contributed by atoms with E-state index in [9.17, 15) is 20.1 Å². The van der Waals surface area contributed by atoms with Crippen LogP contribution in [0, 0.1) is 0 Å². The van der Waals surface area contributed by atoms with Crippen LogP contribution in [0.2, 0.25) is 0 Å². The smallest absolute Gasteiger partial charge is 0.224 e. The molecule has 5 N–H and O–H groups in total. The van der Waals surface area contributed by atoms with Gasteiger partial charge in [-0.2, -0.15) is 0 Å². The fourth-order valence-electron chi connectivity index (χ4n) is 1.50. The summed E-state index contributed by atoms with van der Waals surface area (Å²) >= 11 is 0. The fraction of sp³-hybridized carbons (Fsp3) is 0.875. The van der Waals surface area contributed by atoms with E-state index in [2.05, 4.69) is 14.6 Å². The van der Waals surface area contributed by atoms with Crippen LogP contribution in [0.15, 0.2) is 0 Å². The molecule has 0 aliphatic carbocycles. The lowest BCUT2D eigenvalue weighted by Crippen LogP contribution is -2.64. The molecule has 16 heavy (non-hydrogen) atoms. The molecule has 0 saturated carbocycles. The average Bonchev–Trinajstić information content (AvgIpc) is 2.28. The molecule has 0 radical (unpaired) electrons. The molecule has 0 aromatic carbocycles. The minimum absolute atomic E-state index is 0.107. The van der Waals surface area contributed by atoms with Crippen molar-refractivity contribution in [2.24, 2.45) is 0 Å². The lowest BCUT2D eigenvalue weighted by atomic mass is 9.97. The van der Waals surface area contributed by atoms with Crippen molar-refractivity contribution in [3.63, 3.8) is 0 Å². The first-order valence-corrected chi connectivity index (χ1v) is 5.62. The van der Waals surface area contributed by atoms with Crippen LogP contribution in [0.4, 0.5) is 0 Å². The predicted molar refractivity (Wildman–Crippen MR) is 56.5 cm³/mol. The van der Waals surface area contributed by atoms with Gasteiger partial charge in [0.05, 0.1) is 6.61 Å². The van der Waals surface area contributed by atoms with E-state index in [4.69, 9.17) is 9.84 Å². The number of rotatable bonds is 3.